The Morgan fingerprint density at radius 2 is 1.72 bits per heavy atom. The third-order valence-electron chi connectivity index (χ3n) is 6.98. The molecule has 0 unspecified atom stereocenters. The van der Waals surface area contributed by atoms with Crippen LogP contribution in [0.15, 0.2) is 12.1 Å². The molecule has 4 aliphatic rings. The number of ether oxygens (including phenoxy) is 1. The summed E-state index contributed by atoms with van der Waals surface area (Å²) in [6.45, 7) is 5.75. The second-order valence-electron chi connectivity index (χ2n) is 8.69. The first-order valence-electron chi connectivity index (χ1n) is 9.83. The van der Waals surface area contributed by atoms with Crippen molar-refractivity contribution in [2.45, 2.75) is 65.0 Å². The number of nitrogens with one attached hydrogen (secondary N) is 1. The van der Waals surface area contributed by atoms with Gasteiger partial charge in [0.15, 0.2) is 0 Å². The van der Waals surface area contributed by atoms with Crippen LogP contribution in [0, 0.1) is 23.2 Å². The standard InChI is InChI=1S/C21H29Cl2NO/c1-3-25-20-17(7-18(22)8-19(20)23)12-24-13(2)21-9-14-4-15(10-21)6-16(5-14)11-21/h7-8,13-16,24H,3-6,9-12H2,1-2H3/t13-,14?,15?,16?,21?/m0/s1. The fourth-order valence-corrected chi connectivity index (χ4v) is 6.83. The Balaban J connectivity index is 1.48. The molecule has 1 aromatic carbocycles. The minimum Gasteiger partial charge on any atom is -0.492 e. The summed E-state index contributed by atoms with van der Waals surface area (Å²) in [5, 5.41) is 5.09. The molecule has 138 valence electrons. The van der Waals surface area contributed by atoms with E-state index in [-0.39, 0.29) is 0 Å². The molecule has 4 aliphatic carbocycles. The molecule has 0 aliphatic heterocycles. The monoisotopic (exact) mass is 381 g/mol. The average Bonchev–Trinajstić information content (AvgIpc) is 2.54. The molecule has 1 aromatic rings. The van der Waals surface area contributed by atoms with Crippen LogP contribution in [0.3, 0.4) is 0 Å². The van der Waals surface area contributed by atoms with E-state index in [2.05, 4.69) is 12.2 Å². The molecular formula is C21H29Cl2NO. The molecule has 4 fully saturated rings. The summed E-state index contributed by atoms with van der Waals surface area (Å²) >= 11 is 12.6. The predicted octanol–water partition coefficient (Wildman–Crippen LogP) is 6.09. The van der Waals surface area contributed by atoms with Gasteiger partial charge in [-0.05, 0) is 87.7 Å². The Bertz CT molecular complexity index is 610. The average molecular weight is 382 g/mol. The highest BCUT2D eigenvalue weighted by molar-refractivity contribution is 6.35. The lowest BCUT2D eigenvalue weighted by molar-refractivity contribution is -0.0706. The normalized spacial score (nSPS) is 34.3. The minimum atomic E-state index is 0.503. The quantitative estimate of drug-likeness (QED) is 0.643. The maximum Gasteiger partial charge on any atom is 0.142 e. The molecule has 1 N–H and O–H groups in total. The summed E-state index contributed by atoms with van der Waals surface area (Å²) in [6.07, 6.45) is 8.73. The van der Waals surface area contributed by atoms with Crippen LogP contribution in [0.5, 0.6) is 5.75 Å². The van der Waals surface area contributed by atoms with Crippen LogP contribution in [-0.4, -0.2) is 12.6 Å². The van der Waals surface area contributed by atoms with Crippen LogP contribution >= 0.6 is 23.2 Å². The van der Waals surface area contributed by atoms with Crippen molar-refractivity contribution in [3.8, 4) is 5.75 Å². The molecule has 4 saturated carbocycles. The second kappa shape index (κ2) is 6.94. The first kappa shape index (κ1) is 17.9. The summed E-state index contributed by atoms with van der Waals surface area (Å²) in [7, 11) is 0. The summed E-state index contributed by atoms with van der Waals surface area (Å²) in [4.78, 5) is 0. The van der Waals surface area contributed by atoms with Gasteiger partial charge in [-0.15, -0.1) is 0 Å². The van der Waals surface area contributed by atoms with E-state index in [9.17, 15) is 0 Å². The molecule has 25 heavy (non-hydrogen) atoms. The zero-order valence-corrected chi connectivity index (χ0v) is 16.8. The van der Waals surface area contributed by atoms with E-state index in [4.69, 9.17) is 27.9 Å². The Kier molecular flexibility index (Phi) is 4.98. The Morgan fingerprint density at radius 3 is 2.28 bits per heavy atom. The van der Waals surface area contributed by atoms with Crippen LogP contribution in [-0.2, 0) is 6.54 Å². The topological polar surface area (TPSA) is 21.3 Å². The lowest BCUT2D eigenvalue weighted by Gasteiger charge is -2.59. The zero-order chi connectivity index (χ0) is 17.6. The van der Waals surface area contributed by atoms with Gasteiger partial charge in [0, 0.05) is 23.2 Å². The maximum absolute atomic E-state index is 6.35. The fraction of sp³-hybridized carbons (Fsp3) is 0.714. The van der Waals surface area contributed by atoms with E-state index in [1.807, 2.05) is 13.0 Å². The summed E-state index contributed by atoms with van der Waals surface area (Å²) in [5.74, 6) is 3.72. The van der Waals surface area contributed by atoms with Gasteiger partial charge in [0.25, 0.3) is 0 Å². The van der Waals surface area contributed by atoms with Crippen molar-refractivity contribution in [2.24, 2.45) is 23.2 Å². The van der Waals surface area contributed by atoms with Crippen LogP contribution in [0.25, 0.3) is 0 Å². The van der Waals surface area contributed by atoms with E-state index in [0.717, 1.165) is 35.6 Å². The third kappa shape index (κ3) is 3.42. The van der Waals surface area contributed by atoms with Gasteiger partial charge < -0.3 is 10.1 Å². The molecule has 5 rings (SSSR count). The van der Waals surface area contributed by atoms with Crippen LogP contribution in [0.1, 0.15) is 57.9 Å². The summed E-state index contributed by atoms with van der Waals surface area (Å²) < 4.78 is 5.77. The molecule has 0 radical (unpaired) electrons. The number of halogens is 2. The van der Waals surface area contributed by atoms with Gasteiger partial charge >= 0.3 is 0 Å². The van der Waals surface area contributed by atoms with Gasteiger partial charge in [-0.1, -0.05) is 23.2 Å². The van der Waals surface area contributed by atoms with Crippen LogP contribution in [0.2, 0.25) is 10.0 Å². The van der Waals surface area contributed by atoms with Crippen molar-refractivity contribution in [2.75, 3.05) is 6.61 Å². The smallest absolute Gasteiger partial charge is 0.142 e. The highest BCUT2D eigenvalue weighted by Gasteiger charge is 2.52. The molecule has 0 saturated heterocycles. The van der Waals surface area contributed by atoms with Crippen molar-refractivity contribution >= 4 is 23.2 Å². The molecule has 0 amide bonds. The molecular weight excluding hydrogens is 353 g/mol. The van der Waals surface area contributed by atoms with Crippen molar-refractivity contribution in [3.05, 3.63) is 27.7 Å². The van der Waals surface area contributed by atoms with Crippen molar-refractivity contribution in [1.82, 2.24) is 5.32 Å². The van der Waals surface area contributed by atoms with Crippen LogP contribution in [0.4, 0.5) is 0 Å². The summed E-state index contributed by atoms with van der Waals surface area (Å²) in [5.41, 5.74) is 1.57. The van der Waals surface area contributed by atoms with Crippen LogP contribution < -0.4 is 10.1 Å². The summed E-state index contributed by atoms with van der Waals surface area (Å²) in [6, 6.07) is 4.27. The zero-order valence-electron chi connectivity index (χ0n) is 15.3. The highest BCUT2D eigenvalue weighted by atomic mass is 35.5. The molecule has 0 aromatic heterocycles. The Hall–Kier alpha value is -0.440. The molecule has 0 spiro atoms. The van der Waals surface area contributed by atoms with Gasteiger partial charge in [-0.25, -0.2) is 0 Å². The maximum atomic E-state index is 6.35. The Labute approximate surface area is 161 Å². The largest absolute Gasteiger partial charge is 0.492 e. The van der Waals surface area contributed by atoms with Gasteiger partial charge in [0.1, 0.15) is 5.75 Å². The number of hydrogen-bond donors (Lipinski definition) is 1. The molecule has 4 bridgehead atoms. The van der Waals surface area contributed by atoms with Gasteiger partial charge in [0.2, 0.25) is 0 Å². The number of rotatable bonds is 6. The van der Waals surface area contributed by atoms with Crippen molar-refractivity contribution in [1.29, 1.82) is 0 Å². The highest BCUT2D eigenvalue weighted by Crippen LogP contribution is 2.61. The van der Waals surface area contributed by atoms with E-state index in [1.165, 1.54) is 38.5 Å². The first-order chi connectivity index (χ1) is 12.0. The number of hydrogen-bond acceptors (Lipinski definition) is 2. The predicted molar refractivity (Wildman–Crippen MR) is 105 cm³/mol. The second-order valence-corrected chi connectivity index (χ2v) is 9.54. The molecule has 1 atom stereocenters. The van der Waals surface area contributed by atoms with Crippen molar-refractivity contribution in [3.63, 3.8) is 0 Å². The lowest BCUT2D eigenvalue weighted by atomic mass is 9.48. The molecule has 4 heteroatoms. The van der Waals surface area contributed by atoms with E-state index in [1.54, 1.807) is 6.07 Å². The molecule has 0 heterocycles. The lowest BCUT2D eigenvalue weighted by Crippen LogP contribution is -2.54. The van der Waals surface area contributed by atoms with Gasteiger partial charge in [-0.3, -0.25) is 0 Å². The van der Waals surface area contributed by atoms with E-state index < -0.39 is 0 Å². The molecule has 2 nitrogen and oxygen atoms in total. The Morgan fingerprint density at radius 1 is 1.12 bits per heavy atom. The third-order valence-corrected chi connectivity index (χ3v) is 7.48. The van der Waals surface area contributed by atoms with Crippen molar-refractivity contribution < 1.29 is 4.74 Å². The van der Waals surface area contributed by atoms with E-state index >= 15 is 0 Å². The van der Waals surface area contributed by atoms with Gasteiger partial charge in [-0.2, -0.15) is 0 Å². The van der Waals surface area contributed by atoms with E-state index in [0.29, 0.717) is 28.1 Å². The fourth-order valence-electron chi connectivity index (χ4n) is 6.24. The minimum absolute atomic E-state index is 0.503. The SMILES string of the molecule is CCOc1c(Cl)cc(Cl)cc1CN[C@@H](C)C12CC3CC(CC(C3)C1)C2. The van der Waals surface area contributed by atoms with Gasteiger partial charge in [0.05, 0.1) is 11.6 Å². The number of benzene rings is 1. The first-order valence-corrected chi connectivity index (χ1v) is 10.6.